The SMILES string of the molecule is CC(Sc1ccccc1Cl)C(=O)NC1CCN(S(C)(=O)=O)CC1. The summed E-state index contributed by atoms with van der Waals surface area (Å²) in [4.78, 5) is 13.2. The molecule has 0 spiro atoms. The lowest BCUT2D eigenvalue weighted by Crippen LogP contribution is -2.47. The van der Waals surface area contributed by atoms with Crippen LogP contribution in [0.25, 0.3) is 0 Å². The molecule has 0 bridgehead atoms. The minimum absolute atomic E-state index is 0.0230. The van der Waals surface area contributed by atoms with E-state index < -0.39 is 10.0 Å². The van der Waals surface area contributed by atoms with E-state index in [9.17, 15) is 13.2 Å². The van der Waals surface area contributed by atoms with Gasteiger partial charge in [0.1, 0.15) is 0 Å². The lowest BCUT2D eigenvalue weighted by atomic mass is 10.1. The summed E-state index contributed by atoms with van der Waals surface area (Å²) in [5.74, 6) is -0.0484. The Morgan fingerprint density at radius 1 is 1.35 bits per heavy atom. The second-order valence-corrected chi connectivity index (χ2v) is 9.41. The Kier molecular flexibility index (Phi) is 6.36. The maximum absolute atomic E-state index is 12.3. The standard InChI is InChI=1S/C15H21ClN2O3S2/c1-11(22-14-6-4-3-5-13(14)16)15(19)17-12-7-9-18(10-8-12)23(2,20)21/h3-6,11-12H,7-10H2,1-2H3,(H,17,19). The Bertz CT molecular complexity index is 658. The quantitative estimate of drug-likeness (QED) is 0.801. The molecule has 23 heavy (non-hydrogen) atoms. The monoisotopic (exact) mass is 376 g/mol. The van der Waals surface area contributed by atoms with Gasteiger partial charge < -0.3 is 5.32 Å². The summed E-state index contributed by atoms with van der Waals surface area (Å²) >= 11 is 7.53. The maximum Gasteiger partial charge on any atom is 0.233 e. The first-order valence-corrected chi connectivity index (χ1v) is 10.5. The van der Waals surface area contributed by atoms with Gasteiger partial charge in [-0.05, 0) is 31.9 Å². The molecule has 2 rings (SSSR count). The maximum atomic E-state index is 12.3. The van der Waals surface area contributed by atoms with Crippen LogP contribution in [0.2, 0.25) is 5.02 Å². The molecular formula is C15H21ClN2O3S2. The molecule has 1 aromatic carbocycles. The molecule has 1 amide bonds. The molecule has 0 aliphatic carbocycles. The van der Waals surface area contributed by atoms with Crippen molar-refractivity contribution in [2.24, 2.45) is 0 Å². The van der Waals surface area contributed by atoms with E-state index in [1.807, 2.05) is 25.1 Å². The summed E-state index contributed by atoms with van der Waals surface area (Å²) in [6, 6.07) is 7.46. The van der Waals surface area contributed by atoms with Crippen LogP contribution in [0, 0.1) is 0 Å². The average Bonchev–Trinajstić information content (AvgIpc) is 2.49. The van der Waals surface area contributed by atoms with Crippen LogP contribution in [0.5, 0.6) is 0 Å². The Hall–Kier alpha value is -0.760. The molecule has 0 radical (unpaired) electrons. The molecule has 0 saturated carbocycles. The van der Waals surface area contributed by atoms with Crippen LogP contribution >= 0.6 is 23.4 Å². The van der Waals surface area contributed by atoms with Gasteiger partial charge in [-0.2, -0.15) is 0 Å². The van der Waals surface area contributed by atoms with E-state index in [1.54, 1.807) is 6.07 Å². The van der Waals surface area contributed by atoms with Crippen molar-refractivity contribution in [2.45, 2.75) is 36.0 Å². The highest BCUT2D eigenvalue weighted by Crippen LogP contribution is 2.30. The van der Waals surface area contributed by atoms with E-state index >= 15 is 0 Å². The van der Waals surface area contributed by atoms with Gasteiger partial charge in [-0.3, -0.25) is 4.79 Å². The third-order valence-electron chi connectivity index (χ3n) is 3.78. The van der Waals surface area contributed by atoms with E-state index in [0.717, 1.165) is 4.90 Å². The van der Waals surface area contributed by atoms with Crippen molar-refractivity contribution in [1.29, 1.82) is 0 Å². The summed E-state index contributed by atoms with van der Waals surface area (Å²) < 4.78 is 24.4. The fourth-order valence-electron chi connectivity index (χ4n) is 2.43. The zero-order valence-electron chi connectivity index (χ0n) is 13.2. The van der Waals surface area contributed by atoms with Gasteiger partial charge in [0.25, 0.3) is 0 Å². The second-order valence-electron chi connectivity index (χ2n) is 5.64. The van der Waals surface area contributed by atoms with Crippen LogP contribution in [0.4, 0.5) is 0 Å². The van der Waals surface area contributed by atoms with Crippen LogP contribution < -0.4 is 5.32 Å². The van der Waals surface area contributed by atoms with Crippen molar-refractivity contribution in [3.8, 4) is 0 Å². The molecule has 0 aromatic heterocycles. The van der Waals surface area contributed by atoms with E-state index in [4.69, 9.17) is 11.6 Å². The van der Waals surface area contributed by atoms with Gasteiger partial charge >= 0.3 is 0 Å². The van der Waals surface area contributed by atoms with Gasteiger partial charge in [0.05, 0.1) is 16.5 Å². The molecular weight excluding hydrogens is 356 g/mol. The lowest BCUT2D eigenvalue weighted by molar-refractivity contribution is -0.121. The number of thioether (sulfide) groups is 1. The number of piperidine rings is 1. The first-order valence-electron chi connectivity index (χ1n) is 7.44. The highest BCUT2D eigenvalue weighted by atomic mass is 35.5. The number of nitrogens with one attached hydrogen (secondary N) is 1. The minimum atomic E-state index is -3.14. The van der Waals surface area contributed by atoms with Gasteiger partial charge in [0.15, 0.2) is 0 Å². The molecule has 1 aliphatic rings. The molecule has 1 heterocycles. The second kappa shape index (κ2) is 7.88. The third kappa shape index (κ3) is 5.38. The van der Waals surface area contributed by atoms with Gasteiger partial charge in [-0.15, -0.1) is 11.8 Å². The predicted molar refractivity (Wildman–Crippen MR) is 94.4 cm³/mol. The first kappa shape index (κ1) is 18.6. The number of amides is 1. The van der Waals surface area contributed by atoms with Crippen LogP contribution in [-0.2, 0) is 14.8 Å². The molecule has 1 N–H and O–H groups in total. The summed E-state index contributed by atoms with van der Waals surface area (Å²) in [6.45, 7) is 2.75. The molecule has 1 unspecified atom stereocenters. The Labute approximate surface area is 146 Å². The van der Waals surface area contributed by atoms with Crippen LogP contribution in [0.3, 0.4) is 0 Å². The smallest absolute Gasteiger partial charge is 0.233 e. The van der Waals surface area contributed by atoms with Crippen LogP contribution in [0.1, 0.15) is 19.8 Å². The van der Waals surface area contributed by atoms with Crippen molar-refractivity contribution < 1.29 is 13.2 Å². The number of rotatable bonds is 5. The number of hydrogen-bond acceptors (Lipinski definition) is 4. The molecule has 1 aliphatic heterocycles. The molecule has 1 saturated heterocycles. The zero-order valence-corrected chi connectivity index (χ0v) is 15.5. The van der Waals surface area contributed by atoms with Crippen LogP contribution in [-0.4, -0.2) is 49.3 Å². The largest absolute Gasteiger partial charge is 0.352 e. The van der Waals surface area contributed by atoms with Crippen molar-refractivity contribution in [3.05, 3.63) is 29.3 Å². The average molecular weight is 377 g/mol. The van der Waals surface area contributed by atoms with Crippen molar-refractivity contribution in [3.63, 3.8) is 0 Å². The lowest BCUT2D eigenvalue weighted by Gasteiger charge is -2.31. The van der Waals surface area contributed by atoms with E-state index in [-0.39, 0.29) is 17.2 Å². The molecule has 1 fully saturated rings. The Balaban J connectivity index is 1.84. The normalized spacial score (nSPS) is 18.6. The fourth-order valence-corrected chi connectivity index (χ4v) is 4.47. The summed E-state index contributed by atoms with van der Waals surface area (Å²) in [5.41, 5.74) is 0. The van der Waals surface area contributed by atoms with Crippen molar-refractivity contribution >= 4 is 39.3 Å². The number of benzene rings is 1. The van der Waals surface area contributed by atoms with E-state index in [2.05, 4.69) is 5.32 Å². The molecule has 1 aromatic rings. The number of carbonyl (C=O) groups is 1. The fraction of sp³-hybridized carbons (Fsp3) is 0.533. The first-order chi connectivity index (χ1) is 10.8. The predicted octanol–water partition coefficient (Wildman–Crippen LogP) is 2.36. The molecule has 1 atom stereocenters. The molecule has 8 heteroatoms. The number of halogens is 1. The summed E-state index contributed by atoms with van der Waals surface area (Å²) in [7, 11) is -3.14. The third-order valence-corrected chi connectivity index (χ3v) is 6.70. The van der Waals surface area contributed by atoms with Gasteiger partial charge in [0, 0.05) is 24.0 Å². The Morgan fingerprint density at radius 3 is 2.52 bits per heavy atom. The Morgan fingerprint density at radius 2 is 1.96 bits per heavy atom. The number of sulfonamides is 1. The van der Waals surface area contributed by atoms with Crippen molar-refractivity contribution in [1.82, 2.24) is 9.62 Å². The van der Waals surface area contributed by atoms with Crippen LogP contribution in [0.15, 0.2) is 29.2 Å². The van der Waals surface area contributed by atoms with E-state index in [1.165, 1.54) is 22.3 Å². The highest BCUT2D eigenvalue weighted by Gasteiger charge is 2.27. The van der Waals surface area contributed by atoms with Gasteiger partial charge in [-0.25, -0.2) is 12.7 Å². The summed E-state index contributed by atoms with van der Waals surface area (Å²) in [5, 5.41) is 3.38. The van der Waals surface area contributed by atoms with Crippen molar-refractivity contribution in [2.75, 3.05) is 19.3 Å². The van der Waals surface area contributed by atoms with Gasteiger partial charge in [0.2, 0.25) is 15.9 Å². The minimum Gasteiger partial charge on any atom is -0.352 e. The molecule has 128 valence electrons. The summed E-state index contributed by atoms with van der Waals surface area (Å²) in [6.07, 6.45) is 2.50. The molecule has 5 nitrogen and oxygen atoms in total. The number of nitrogens with zero attached hydrogens (tertiary/aromatic N) is 1. The highest BCUT2D eigenvalue weighted by molar-refractivity contribution is 8.00. The number of carbonyl (C=O) groups excluding carboxylic acids is 1. The van der Waals surface area contributed by atoms with E-state index in [0.29, 0.717) is 31.0 Å². The number of hydrogen-bond donors (Lipinski definition) is 1. The topological polar surface area (TPSA) is 66.5 Å². The zero-order chi connectivity index (χ0) is 17.0. The van der Waals surface area contributed by atoms with Gasteiger partial charge in [-0.1, -0.05) is 23.7 Å².